The van der Waals surface area contributed by atoms with Gasteiger partial charge in [0.2, 0.25) is 0 Å². The lowest BCUT2D eigenvalue weighted by Gasteiger charge is -2.46. The lowest BCUT2D eigenvalue weighted by Crippen LogP contribution is -2.49. The second-order valence-corrected chi connectivity index (χ2v) is 8.96. The summed E-state index contributed by atoms with van der Waals surface area (Å²) in [5.74, 6) is 0. The van der Waals surface area contributed by atoms with E-state index in [2.05, 4.69) is 44.8 Å². The molecule has 0 bridgehead atoms. The molecule has 1 saturated heterocycles. The second-order valence-electron chi connectivity index (χ2n) is 8.96. The van der Waals surface area contributed by atoms with Crippen LogP contribution in [0.2, 0.25) is 0 Å². The fraction of sp³-hybridized carbons (Fsp3) is 1.00. The Kier molecular flexibility index (Phi) is 5.18. The van der Waals surface area contributed by atoms with Crippen molar-refractivity contribution >= 4 is 0 Å². The summed E-state index contributed by atoms with van der Waals surface area (Å²) in [5, 5.41) is 3.89. The molecule has 2 rings (SSSR count). The molecule has 1 unspecified atom stereocenters. The first-order valence-electron chi connectivity index (χ1n) is 8.75. The van der Waals surface area contributed by atoms with E-state index in [-0.39, 0.29) is 0 Å². The van der Waals surface area contributed by atoms with Crippen LogP contribution >= 0.6 is 0 Å². The molecule has 1 atom stereocenters. The predicted octanol–water partition coefficient (Wildman–Crippen LogP) is 4.06. The lowest BCUT2D eigenvalue weighted by atomic mass is 9.63. The van der Waals surface area contributed by atoms with E-state index in [0.29, 0.717) is 22.9 Å². The number of rotatable bonds is 4. The molecule has 0 aromatic carbocycles. The van der Waals surface area contributed by atoms with Crippen molar-refractivity contribution in [1.29, 1.82) is 0 Å². The molecule has 1 N–H and O–H groups in total. The maximum absolute atomic E-state index is 3.89. The molecule has 0 spiro atoms. The third-order valence-electron chi connectivity index (χ3n) is 5.27. The molecule has 2 aliphatic rings. The van der Waals surface area contributed by atoms with Gasteiger partial charge in [-0.15, -0.1) is 0 Å². The van der Waals surface area contributed by atoms with Crippen molar-refractivity contribution in [3.63, 3.8) is 0 Å². The van der Waals surface area contributed by atoms with Crippen LogP contribution in [0.4, 0.5) is 0 Å². The molecular weight excluding hydrogens is 244 g/mol. The Bertz CT molecular complexity index is 287. The highest BCUT2D eigenvalue weighted by atomic mass is 15.2. The number of nitrogens with zero attached hydrogens (tertiary/aromatic N) is 1. The van der Waals surface area contributed by atoms with Crippen LogP contribution in [0.1, 0.15) is 73.1 Å². The number of nitrogens with one attached hydrogen (secondary N) is 1. The van der Waals surface area contributed by atoms with Crippen molar-refractivity contribution < 1.29 is 0 Å². The van der Waals surface area contributed by atoms with Gasteiger partial charge in [0.1, 0.15) is 0 Å². The van der Waals surface area contributed by atoms with Crippen LogP contribution in [-0.4, -0.2) is 36.6 Å². The summed E-state index contributed by atoms with van der Waals surface area (Å²) >= 11 is 0. The SMILES string of the molecule is CC(CNC1CC(C)(C)CC(C)(C)C1)N1CCCCC1. The number of hydrogen-bond acceptors (Lipinski definition) is 2. The largest absolute Gasteiger partial charge is 0.312 e. The van der Waals surface area contributed by atoms with Crippen molar-refractivity contribution in [3.8, 4) is 0 Å². The van der Waals surface area contributed by atoms with Crippen LogP contribution < -0.4 is 5.32 Å². The maximum atomic E-state index is 3.89. The van der Waals surface area contributed by atoms with Crippen molar-refractivity contribution in [2.45, 2.75) is 85.2 Å². The average molecular weight is 280 g/mol. The molecule has 20 heavy (non-hydrogen) atoms. The topological polar surface area (TPSA) is 15.3 Å². The third kappa shape index (κ3) is 4.73. The minimum absolute atomic E-state index is 0.494. The molecule has 1 aliphatic carbocycles. The summed E-state index contributed by atoms with van der Waals surface area (Å²) in [6.07, 6.45) is 8.26. The van der Waals surface area contributed by atoms with Gasteiger partial charge in [0.15, 0.2) is 0 Å². The highest BCUT2D eigenvalue weighted by Gasteiger charge is 2.38. The zero-order valence-electron chi connectivity index (χ0n) is 14.5. The molecule has 0 amide bonds. The average Bonchev–Trinajstić information content (AvgIpc) is 2.33. The molecule has 2 nitrogen and oxygen atoms in total. The summed E-state index contributed by atoms with van der Waals surface area (Å²) < 4.78 is 0. The number of piperidine rings is 1. The summed E-state index contributed by atoms with van der Waals surface area (Å²) in [5.41, 5.74) is 0.988. The van der Waals surface area contributed by atoms with E-state index < -0.39 is 0 Å². The third-order valence-corrected chi connectivity index (χ3v) is 5.27. The Labute approximate surface area is 126 Å². The van der Waals surface area contributed by atoms with Gasteiger partial charge in [0.05, 0.1) is 0 Å². The first-order chi connectivity index (χ1) is 9.27. The van der Waals surface area contributed by atoms with Gasteiger partial charge >= 0.3 is 0 Å². The van der Waals surface area contributed by atoms with E-state index >= 15 is 0 Å². The Balaban J connectivity index is 1.80. The molecule has 0 aromatic rings. The zero-order chi connectivity index (χ0) is 14.8. The summed E-state index contributed by atoms with van der Waals surface area (Å²) in [6.45, 7) is 15.9. The molecule has 0 radical (unpaired) electrons. The Morgan fingerprint density at radius 1 is 1.00 bits per heavy atom. The van der Waals surface area contributed by atoms with Gasteiger partial charge in [-0.25, -0.2) is 0 Å². The maximum Gasteiger partial charge on any atom is 0.0192 e. The monoisotopic (exact) mass is 280 g/mol. The van der Waals surface area contributed by atoms with Crippen molar-refractivity contribution in [3.05, 3.63) is 0 Å². The van der Waals surface area contributed by atoms with Crippen LogP contribution in [0, 0.1) is 10.8 Å². The van der Waals surface area contributed by atoms with E-state index in [1.807, 2.05) is 0 Å². The molecule has 1 heterocycles. The second kappa shape index (κ2) is 6.36. The molecule has 118 valence electrons. The quantitative estimate of drug-likeness (QED) is 0.835. The minimum Gasteiger partial charge on any atom is -0.312 e. The molecule has 2 heteroatoms. The number of hydrogen-bond donors (Lipinski definition) is 1. The van der Waals surface area contributed by atoms with Crippen LogP contribution in [0.15, 0.2) is 0 Å². The van der Waals surface area contributed by atoms with Crippen molar-refractivity contribution in [1.82, 2.24) is 10.2 Å². The smallest absolute Gasteiger partial charge is 0.0192 e. The van der Waals surface area contributed by atoms with E-state index in [0.717, 1.165) is 6.54 Å². The van der Waals surface area contributed by atoms with Gasteiger partial charge in [0, 0.05) is 18.6 Å². The first-order valence-corrected chi connectivity index (χ1v) is 8.75. The summed E-state index contributed by atoms with van der Waals surface area (Å²) in [6, 6.07) is 1.41. The predicted molar refractivity (Wildman–Crippen MR) is 88.1 cm³/mol. The van der Waals surface area contributed by atoms with Gasteiger partial charge in [-0.2, -0.15) is 0 Å². The Hall–Kier alpha value is -0.0800. The normalized spacial score (nSPS) is 29.2. The molecule has 1 saturated carbocycles. The van der Waals surface area contributed by atoms with Crippen LogP contribution in [0.25, 0.3) is 0 Å². The van der Waals surface area contributed by atoms with Gasteiger partial charge in [-0.05, 0) is 62.9 Å². The first kappa shape index (κ1) is 16.3. The van der Waals surface area contributed by atoms with E-state index in [9.17, 15) is 0 Å². The minimum atomic E-state index is 0.494. The van der Waals surface area contributed by atoms with Crippen LogP contribution in [-0.2, 0) is 0 Å². The Morgan fingerprint density at radius 2 is 1.55 bits per heavy atom. The van der Waals surface area contributed by atoms with Crippen LogP contribution in [0.3, 0.4) is 0 Å². The summed E-state index contributed by atoms with van der Waals surface area (Å²) in [7, 11) is 0. The van der Waals surface area contributed by atoms with Crippen LogP contribution in [0.5, 0.6) is 0 Å². The van der Waals surface area contributed by atoms with E-state index in [4.69, 9.17) is 0 Å². The molecular formula is C18H36N2. The fourth-order valence-electron chi connectivity index (χ4n) is 4.82. The highest BCUT2D eigenvalue weighted by Crippen LogP contribution is 2.45. The summed E-state index contributed by atoms with van der Waals surface area (Å²) in [4.78, 5) is 2.68. The van der Waals surface area contributed by atoms with E-state index in [1.54, 1.807) is 0 Å². The lowest BCUT2D eigenvalue weighted by molar-refractivity contribution is 0.0793. The highest BCUT2D eigenvalue weighted by molar-refractivity contribution is 4.92. The molecule has 0 aromatic heterocycles. The van der Waals surface area contributed by atoms with Crippen molar-refractivity contribution in [2.24, 2.45) is 10.8 Å². The fourth-order valence-corrected chi connectivity index (χ4v) is 4.82. The molecule has 1 aliphatic heterocycles. The molecule has 2 fully saturated rings. The standard InChI is InChI=1S/C18H36N2/c1-15(20-9-7-6-8-10-20)13-19-16-11-17(2,3)14-18(4,5)12-16/h15-16,19H,6-14H2,1-5H3. The van der Waals surface area contributed by atoms with Gasteiger partial charge < -0.3 is 5.32 Å². The van der Waals surface area contributed by atoms with Crippen molar-refractivity contribution in [2.75, 3.05) is 19.6 Å². The zero-order valence-corrected chi connectivity index (χ0v) is 14.5. The number of likely N-dealkylation sites (tertiary alicyclic amines) is 1. The Morgan fingerprint density at radius 3 is 2.10 bits per heavy atom. The van der Waals surface area contributed by atoms with E-state index in [1.165, 1.54) is 51.6 Å². The van der Waals surface area contributed by atoms with Gasteiger partial charge in [-0.3, -0.25) is 4.90 Å². The van der Waals surface area contributed by atoms with Gasteiger partial charge in [-0.1, -0.05) is 34.1 Å². The van der Waals surface area contributed by atoms with Gasteiger partial charge in [0.25, 0.3) is 0 Å².